The number of anilines is 1. The van der Waals surface area contributed by atoms with Crippen molar-refractivity contribution in [1.29, 1.82) is 0 Å². The van der Waals surface area contributed by atoms with Gasteiger partial charge in [-0.15, -0.1) is 0 Å². The Hall–Kier alpha value is -3.14. The van der Waals surface area contributed by atoms with Crippen LogP contribution in [0.1, 0.15) is 5.56 Å². The summed E-state index contributed by atoms with van der Waals surface area (Å²) in [5.74, 6) is -1.24. The molecule has 138 valence electrons. The maximum absolute atomic E-state index is 13.0. The predicted molar refractivity (Wildman–Crippen MR) is 93.0 cm³/mol. The highest BCUT2D eigenvalue weighted by Crippen LogP contribution is 2.33. The van der Waals surface area contributed by atoms with Crippen LogP contribution in [0.4, 0.5) is 11.4 Å². The molecule has 0 aliphatic heterocycles. The van der Waals surface area contributed by atoms with Gasteiger partial charge in [-0.3, -0.25) is 19.2 Å². The monoisotopic (exact) mass is 380 g/mol. The summed E-state index contributed by atoms with van der Waals surface area (Å²) < 4.78 is 31.8. The Labute approximate surface area is 149 Å². The van der Waals surface area contributed by atoms with Gasteiger partial charge in [-0.05, 0) is 25.1 Å². The molecule has 0 radical (unpaired) electrons. The number of para-hydroxylation sites is 2. The number of nitrogens with zero attached hydrogens (tertiary/aromatic N) is 2. The van der Waals surface area contributed by atoms with Gasteiger partial charge in [-0.2, -0.15) is 0 Å². The number of carbonyl (C=O) groups is 1. The van der Waals surface area contributed by atoms with Gasteiger partial charge in [0.25, 0.3) is 15.7 Å². The second kappa shape index (κ2) is 7.40. The fourth-order valence-electron chi connectivity index (χ4n) is 2.33. The number of nitro benzene ring substituents is 1. The van der Waals surface area contributed by atoms with Crippen LogP contribution in [-0.4, -0.2) is 38.1 Å². The number of aliphatic carboxylic acids is 1. The number of methoxy groups -OCH3 is 1. The number of sulfonamides is 1. The van der Waals surface area contributed by atoms with Crippen LogP contribution < -0.4 is 9.04 Å². The topological polar surface area (TPSA) is 127 Å². The summed E-state index contributed by atoms with van der Waals surface area (Å²) in [4.78, 5) is 21.3. The lowest BCUT2D eigenvalue weighted by Crippen LogP contribution is -2.36. The molecule has 0 unspecified atom stereocenters. The van der Waals surface area contributed by atoms with Crippen LogP contribution >= 0.6 is 0 Å². The lowest BCUT2D eigenvalue weighted by Gasteiger charge is -2.24. The highest BCUT2D eigenvalue weighted by atomic mass is 32.2. The first-order valence-corrected chi connectivity index (χ1v) is 8.75. The fourth-order valence-corrected chi connectivity index (χ4v) is 3.78. The number of aryl methyl sites for hydroxylation is 1. The molecule has 0 amide bonds. The van der Waals surface area contributed by atoms with Crippen molar-refractivity contribution < 1.29 is 28.0 Å². The van der Waals surface area contributed by atoms with E-state index in [1.807, 2.05) is 0 Å². The number of carboxylic acids is 1. The molecule has 2 aromatic carbocycles. The van der Waals surface area contributed by atoms with E-state index in [1.54, 1.807) is 6.07 Å². The van der Waals surface area contributed by atoms with Gasteiger partial charge in [0, 0.05) is 11.6 Å². The summed E-state index contributed by atoms with van der Waals surface area (Å²) in [5.41, 5.74) is -0.0713. The summed E-state index contributed by atoms with van der Waals surface area (Å²) in [7, 11) is -3.07. The molecule has 0 aliphatic rings. The van der Waals surface area contributed by atoms with E-state index in [1.165, 1.54) is 44.4 Å². The smallest absolute Gasteiger partial charge is 0.324 e. The Morgan fingerprint density at radius 2 is 1.92 bits per heavy atom. The lowest BCUT2D eigenvalue weighted by atomic mass is 10.2. The molecule has 2 rings (SSSR count). The third-order valence-electron chi connectivity index (χ3n) is 3.60. The zero-order valence-corrected chi connectivity index (χ0v) is 14.8. The molecule has 0 aliphatic carbocycles. The van der Waals surface area contributed by atoms with E-state index in [-0.39, 0.29) is 27.6 Å². The molecule has 0 spiro atoms. The fraction of sp³-hybridized carbons (Fsp3) is 0.188. The standard InChI is InChI=1S/C16H16N2O7S/c1-11-7-8-12(9-14(11)18(21)22)26(23,24)17(10-16(19)20)13-5-3-4-6-15(13)25-2/h3-9H,10H2,1-2H3,(H,19,20). The Kier molecular flexibility index (Phi) is 5.46. The normalized spacial score (nSPS) is 11.0. The molecule has 0 bridgehead atoms. The molecular formula is C16H16N2O7S. The number of benzene rings is 2. The van der Waals surface area contributed by atoms with Crippen molar-refractivity contribution >= 4 is 27.4 Å². The van der Waals surface area contributed by atoms with Crippen LogP contribution in [0.5, 0.6) is 5.75 Å². The van der Waals surface area contributed by atoms with Gasteiger partial charge < -0.3 is 9.84 Å². The lowest BCUT2D eigenvalue weighted by molar-refractivity contribution is -0.385. The molecule has 0 heterocycles. The van der Waals surface area contributed by atoms with Crippen molar-refractivity contribution in [2.45, 2.75) is 11.8 Å². The van der Waals surface area contributed by atoms with Crippen LogP contribution in [0, 0.1) is 17.0 Å². The molecule has 0 fully saturated rings. The number of carboxylic acid groups (broad SMARTS) is 1. The molecule has 1 N–H and O–H groups in total. The third kappa shape index (κ3) is 3.75. The summed E-state index contributed by atoms with van der Waals surface area (Å²) in [5, 5.41) is 20.3. The molecule has 2 aromatic rings. The molecule has 9 nitrogen and oxygen atoms in total. The summed E-state index contributed by atoms with van der Waals surface area (Å²) >= 11 is 0. The van der Waals surface area contributed by atoms with Crippen LogP contribution in [0.3, 0.4) is 0 Å². The number of hydrogen-bond donors (Lipinski definition) is 1. The highest BCUT2D eigenvalue weighted by Gasteiger charge is 2.30. The number of ether oxygens (including phenoxy) is 1. The minimum Gasteiger partial charge on any atom is -0.495 e. The van der Waals surface area contributed by atoms with Crippen molar-refractivity contribution in [1.82, 2.24) is 0 Å². The average Bonchev–Trinajstić information content (AvgIpc) is 2.59. The minimum atomic E-state index is -4.39. The largest absolute Gasteiger partial charge is 0.495 e. The number of hydrogen-bond acceptors (Lipinski definition) is 6. The van der Waals surface area contributed by atoms with Gasteiger partial charge >= 0.3 is 5.97 Å². The molecule has 10 heteroatoms. The Morgan fingerprint density at radius 3 is 2.50 bits per heavy atom. The zero-order chi connectivity index (χ0) is 19.5. The van der Waals surface area contributed by atoms with Gasteiger partial charge in [-0.25, -0.2) is 8.42 Å². The SMILES string of the molecule is COc1ccccc1N(CC(=O)O)S(=O)(=O)c1ccc(C)c([N+](=O)[O-])c1. The van der Waals surface area contributed by atoms with Gasteiger partial charge in [0.1, 0.15) is 12.3 Å². The maximum atomic E-state index is 13.0. The second-order valence-corrected chi connectivity index (χ2v) is 7.14. The van der Waals surface area contributed by atoms with E-state index in [4.69, 9.17) is 9.84 Å². The van der Waals surface area contributed by atoms with Crippen LogP contribution in [0.25, 0.3) is 0 Å². The van der Waals surface area contributed by atoms with Gasteiger partial charge in [0.2, 0.25) is 0 Å². The first-order chi connectivity index (χ1) is 12.2. The van der Waals surface area contributed by atoms with Crippen molar-refractivity contribution in [2.75, 3.05) is 18.0 Å². The summed E-state index contributed by atoms with van der Waals surface area (Å²) in [6.07, 6.45) is 0. The number of rotatable bonds is 7. The molecule has 26 heavy (non-hydrogen) atoms. The predicted octanol–water partition coefficient (Wildman–Crippen LogP) is 2.19. The molecule has 0 saturated heterocycles. The molecule has 0 aromatic heterocycles. The zero-order valence-electron chi connectivity index (χ0n) is 13.9. The Morgan fingerprint density at radius 1 is 1.27 bits per heavy atom. The summed E-state index contributed by atoms with van der Waals surface area (Å²) in [6, 6.07) is 9.41. The quantitative estimate of drug-likeness (QED) is 0.576. The first-order valence-electron chi connectivity index (χ1n) is 7.31. The van der Waals surface area contributed by atoms with Crippen LogP contribution in [0.2, 0.25) is 0 Å². The van der Waals surface area contributed by atoms with Crippen molar-refractivity contribution in [2.24, 2.45) is 0 Å². The third-order valence-corrected chi connectivity index (χ3v) is 5.35. The van der Waals surface area contributed by atoms with Gasteiger partial charge in [0.05, 0.1) is 22.6 Å². The Balaban J connectivity index is 2.66. The molecule has 0 atom stereocenters. The second-order valence-electron chi connectivity index (χ2n) is 5.28. The molecular weight excluding hydrogens is 364 g/mol. The first kappa shape index (κ1) is 19.2. The van der Waals surface area contributed by atoms with Crippen molar-refractivity contribution in [3.63, 3.8) is 0 Å². The summed E-state index contributed by atoms with van der Waals surface area (Å²) in [6.45, 7) is 0.605. The van der Waals surface area contributed by atoms with Crippen LogP contribution in [0.15, 0.2) is 47.4 Å². The highest BCUT2D eigenvalue weighted by molar-refractivity contribution is 7.92. The van der Waals surface area contributed by atoms with E-state index in [9.17, 15) is 23.3 Å². The van der Waals surface area contributed by atoms with Gasteiger partial charge in [0.15, 0.2) is 0 Å². The van der Waals surface area contributed by atoms with E-state index in [0.29, 0.717) is 4.31 Å². The Bertz CT molecular complexity index is 957. The van der Waals surface area contributed by atoms with Crippen LogP contribution in [-0.2, 0) is 14.8 Å². The van der Waals surface area contributed by atoms with Crippen molar-refractivity contribution in [3.8, 4) is 5.75 Å². The van der Waals surface area contributed by atoms with Crippen molar-refractivity contribution in [3.05, 3.63) is 58.1 Å². The maximum Gasteiger partial charge on any atom is 0.324 e. The van der Waals surface area contributed by atoms with E-state index in [2.05, 4.69) is 0 Å². The number of nitro groups is 1. The minimum absolute atomic E-state index is 0.0145. The van der Waals surface area contributed by atoms with E-state index >= 15 is 0 Å². The average molecular weight is 380 g/mol. The molecule has 0 saturated carbocycles. The van der Waals surface area contributed by atoms with E-state index in [0.717, 1.165) is 6.07 Å². The van der Waals surface area contributed by atoms with Gasteiger partial charge in [-0.1, -0.05) is 18.2 Å². The van der Waals surface area contributed by atoms with E-state index < -0.39 is 27.5 Å².